The third-order valence-electron chi connectivity index (χ3n) is 5.32. The summed E-state index contributed by atoms with van der Waals surface area (Å²) in [6.45, 7) is 4.18. The van der Waals surface area contributed by atoms with Gasteiger partial charge in [-0.2, -0.15) is 0 Å². The van der Waals surface area contributed by atoms with E-state index in [1.165, 1.54) is 6.07 Å². The van der Waals surface area contributed by atoms with Crippen molar-refractivity contribution in [1.82, 2.24) is 0 Å². The van der Waals surface area contributed by atoms with Gasteiger partial charge in [-0.25, -0.2) is 0 Å². The first-order valence-corrected chi connectivity index (χ1v) is 9.88. The number of imide groups is 1. The van der Waals surface area contributed by atoms with Crippen molar-refractivity contribution in [3.05, 3.63) is 53.6 Å². The van der Waals surface area contributed by atoms with Gasteiger partial charge in [-0.1, -0.05) is 12.1 Å². The van der Waals surface area contributed by atoms with E-state index in [1.54, 1.807) is 23.1 Å². The summed E-state index contributed by atoms with van der Waals surface area (Å²) in [6, 6.07) is 12.2. The molecule has 4 rings (SSSR count). The lowest BCUT2D eigenvalue weighted by Crippen LogP contribution is -2.29. The molecule has 2 aliphatic heterocycles. The molecule has 7 heteroatoms. The van der Waals surface area contributed by atoms with E-state index in [1.807, 2.05) is 32.0 Å². The SMILES string of the molecule is Cc1cc(C)cc(N2CC(C(=O)Oc3cccc(N4C(=O)CCC4=O)c3)CC2=O)c1. The molecule has 2 heterocycles. The Morgan fingerprint density at radius 3 is 2.23 bits per heavy atom. The highest BCUT2D eigenvalue weighted by Crippen LogP contribution is 2.30. The van der Waals surface area contributed by atoms with Gasteiger partial charge in [0.05, 0.1) is 11.6 Å². The standard InChI is InChI=1S/C23H22N2O5/c1-14-8-15(2)10-18(9-14)24-13-16(11-22(24)28)23(29)30-19-5-3-4-17(12-19)25-20(26)6-7-21(25)27/h3-5,8-10,12,16H,6-7,11,13H2,1-2H3. The molecule has 2 fully saturated rings. The van der Waals surface area contributed by atoms with Crippen molar-refractivity contribution in [2.24, 2.45) is 5.92 Å². The van der Waals surface area contributed by atoms with Gasteiger partial charge in [0.1, 0.15) is 5.75 Å². The quantitative estimate of drug-likeness (QED) is 0.443. The summed E-state index contributed by atoms with van der Waals surface area (Å²) in [5.41, 5.74) is 3.26. The Labute approximate surface area is 174 Å². The van der Waals surface area contributed by atoms with E-state index in [9.17, 15) is 19.2 Å². The Kier molecular flexibility index (Phi) is 5.11. The van der Waals surface area contributed by atoms with E-state index < -0.39 is 11.9 Å². The first kappa shape index (κ1) is 19.8. The van der Waals surface area contributed by atoms with Crippen LogP contribution in [-0.2, 0) is 19.2 Å². The van der Waals surface area contributed by atoms with Gasteiger partial charge in [-0.05, 0) is 49.2 Å². The Balaban J connectivity index is 1.47. The van der Waals surface area contributed by atoms with Gasteiger partial charge in [0.2, 0.25) is 17.7 Å². The number of anilines is 2. The Morgan fingerprint density at radius 1 is 0.900 bits per heavy atom. The first-order valence-electron chi connectivity index (χ1n) is 9.88. The van der Waals surface area contributed by atoms with Crippen LogP contribution >= 0.6 is 0 Å². The molecule has 0 spiro atoms. The van der Waals surface area contributed by atoms with Crippen molar-refractivity contribution in [3.8, 4) is 5.75 Å². The van der Waals surface area contributed by atoms with Crippen molar-refractivity contribution in [2.75, 3.05) is 16.3 Å². The topological polar surface area (TPSA) is 84.0 Å². The number of rotatable bonds is 4. The van der Waals surface area contributed by atoms with Crippen LogP contribution in [0.15, 0.2) is 42.5 Å². The molecule has 7 nitrogen and oxygen atoms in total. The lowest BCUT2D eigenvalue weighted by atomic mass is 10.1. The van der Waals surface area contributed by atoms with Gasteiger partial charge < -0.3 is 9.64 Å². The van der Waals surface area contributed by atoms with Crippen molar-refractivity contribution < 1.29 is 23.9 Å². The van der Waals surface area contributed by atoms with Crippen molar-refractivity contribution >= 4 is 35.1 Å². The van der Waals surface area contributed by atoms with Crippen LogP contribution in [0.4, 0.5) is 11.4 Å². The largest absolute Gasteiger partial charge is 0.426 e. The number of benzene rings is 2. The van der Waals surface area contributed by atoms with Gasteiger partial charge in [0.25, 0.3) is 0 Å². The van der Waals surface area contributed by atoms with Crippen molar-refractivity contribution in [1.29, 1.82) is 0 Å². The van der Waals surface area contributed by atoms with Gasteiger partial charge in [0, 0.05) is 37.6 Å². The number of hydrogen-bond donors (Lipinski definition) is 0. The van der Waals surface area contributed by atoms with Crippen molar-refractivity contribution in [3.63, 3.8) is 0 Å². The first-order chi connectivity index (χ1) is 14.3. The highest BCUT2D eigenvalue weighted by molar-refractivity contribution is 6.19. The average molecular weight is 406 g/mol. The minimum absolute atomic E-state index is 0.0780. The number of hydrogen-bond acceptors (Lipinski definition) is 5. The molecule has 2 saturated heterocycles. The Hall–Kier alpha value is -3.48. The molecule has 0 saturated carbocycles. The molecular weight excluding hydrogens is 384 g/mol. The monoisotopic (exact) mass is 406 g/mol. The number of nitrogens with zero attached hydrogens (tertiary/aromatic N) is 2. The van der Waals surface area contributed by atoms with Crippen LogP contribution in [0.3, 0.4) is 0 Å². The minimum Gasteiger partial charge on any atom is -0.426 e. The second kappa shape index (κ2) is 7.74. The van der Waals surface area contributed by atoms with Gasteiger partial charge in [0.15, 0.2) is 0 Å². The van der Waals surface area contributed by atoms with E-state index >= 15 is 0 Å². The molecule has 0 N–H and O–H groups in total. The second-order valence-electron chi connectivity index (χ2n) is 7.79. The second-order valence-corrected chi connectivity index (χ2v) is 7.79. The van der Waals surface area contributed by atoms with E-state index in [0.717, 1.165) is 21.7 Å². The molecule has 1 atom stereocenters. The number of aryl methyl sites for hydroxylation is 2. The van der Waals surface area contributed by atoms with E-state index in [-0.39, 0.29) is 49.3 Å². The molecule has 1 unspecified atom stereocenters. The smallest absolute Gasteiger partial charge is 0.316 e. The molecule has 2 aromatic carbocycles. The Morgan fingerprint density at radius 2 is 1.57 bits per heavy atom. The van der Waals surface area contributed by atoms with Crippen LogP contribution in [-0.4, -0.2) is 30.2 Å². The summed E-state index contributed by atoms with van der Waals surface area (Å²) >= 11 is 0. The van der Waals surface area contributed by atoms with E-state index in [0.29, 0.717) is 5.69 Å². The van der Waals surface area contributed by atoms with Gasteiger partial charge in [-0.15, -0.1) is 0 Å². The lowest BCUT2D eigenvalue weighted by Gasteiger charge is -2.18. The molecule has 0 aliphatic carbocycles. The number of ether oxygens (including phenoxy) is 1. The number of carbonyl (C=O) groups excluding carboxylic acids is 4. The summed E-state index contributed by atoms with van der Waals surface area (Å²) < 4.78 is 5.48. The summed E-state index contributed by atoms with van der Waals surface area (Å²) in [4.78, 5) is 51.8. The zero-order valence-electron chi connectivity index (χ0n) is 16.9. The predicted octanol–water partition coefficient (Wildman–Crippen LogP) is 2.92. The van der Waals surface area contributed by atoms with Crippen molar-refractivity contribution in [2.45, 2.75) is 33.1 Å². The lowest BCUT2D eigenvalue weighted by molar-refractivity contribution is -0.139. The highest BCUT2D eigenvalue weighted by Gasteiger charge is 2.37. The fourth-order valence-electron chi connectivity index (χ4n) is 3.97. The maximum Gasteiger partial charge on any atom is 0.316 e. The van der Waals surface area contributed by atoms with Crippen LogP contribution in [0.1, 0.15) is 30.4 Å². The van der Waals surface area contributed by atoms with Crippen LogP contribution in [0.2, 0.25) is 0 Å². The fraction of sp³-hybridized carbons (Fsp3) is 0.304. The molecule has 2 aliphatic rings. The summed E-state index contributed by atoms with van der Waals surface area (Å²) in [7, 11) is 0. The number of carbonyl (C=O) groups is 4. The van der Waals surface area contributed by atoms with Crippen LogP contribution in [0.25, 0.3) is 0 Å². The van der Waals surface area contributed by atoms with Gasteiger partial charge >= 0.3 is 5.97 Å². The molecule has 3 amide bonds. The third-order valence-corrected chi connectivity index (χ3v) is 5.32. The molecule has 0 aromatic heterocycles. The number of amides is 3. The summed E-state index contributed by atoms with van der Waals surface area (Å²) in [6.07, 6.45) is 0.442. The zero-order chi connectivity index (χ0) is 21.4. The number of esters is 1. The van der Waals surface area contributed by atoms with E-state index in [2.05, 4.69) is 0 Å². The molecular formula is C23H22N2O5. The fourth-order valence-corrected chi connectivity index (χ4v) is 3.97. The van der Waals surface area contributed by atoms with Crippen LogP contribution in [0.5, 0.6) is 5.75 Å². The molecule has 30 heavy (non-hydrogen) atoms. The maximum absolute atomic E-state index is 12.7. The zero-order valence-corrected chi connectivity index (χ0v) is 16.9. The predicted molar refractivity (Wildman–Crippen MR) is 110 cm³/mol. The van der Waals surface area contributed by atoms with Crippen LogP contribution in [0, 0.1) is 19.8 Å². The highest BCUT2D eigenvalue weighted by atomic mass is 16.5. The van der Waals surface area contributed by atoms with Crippen LogP contribution < -0.4 is 14.5 Å². The molecule has 154 valence electrons. The Bertz CT molecular complexity index is 1030. The molecule has 0 bridgehead atoms. The maximum atomic E-state index is 12.7. The summed E-state index contributed by atoms with van der Waals surface area (Å²) in [5.74, 6) is -1.52. The molecule has 0 radical (unpaired) electrons. The minimum atomic E-state index is -0.586. The van der Waals surface area contributed by atoms with Gasteiger partial charge in [-0.3, -0.25) is 24.1 Å². The van der Waals surface area contributed by atoms with E-state index in [4.69, 9.17) is 4.74 Å². The average Bonchev–Trinajstić information content (AvgIpc) is 3.23. The normalized spacial score (nSPS) is 19.0. The summed E-state index contributed by atoms with van der Waals surface area (Å²) in [5, 5.41) is 0. The third kappa shape index (κ3) is 3.83. The molecule has 2 aromatic rings.